The monoisotopic (exact) mass is 222 g/mol. The second kappa shape index (κ2) is 6.06. The van der Waals surface area contributed by atoms with Crippen LogP contribution in [0, 0.1) is 0 Å². The van der Waals surface area contributed by atoms with Crippen LogP contribution in [0.5, 0.6) is 0 Å². The average molecular weight is 222 g/mol. The number of piperidine rings is 1. The molecule has 1 fully saturated rings. The molecular weight excluding hydrogens is 200 g/mol. The Labute approximate surface area is 97.8 Å². The van der Waals surface area contributed by atoms with Gasteiger partial charge in [0.2, 0.25) is 0 Å². The fourth-order valence-corrected chi connectivity index (χ4v) is 2.34. The van der Waals surface area contributed by atoms with Crippen molar-refractivity contribution in [1.82, 2.24) is 10.2 Å². The van der Waals surface area contributed by atoms with E-state index < -0.39 is 0 Å². The maximum Gasteiger partial charge on any atom is 0.117 e. The minimum atomic E-state index is 0.670. The minimum absolute atomic E-state index is 0.670. The molecule has 3 heteroatoms. The molecule has 0 radical (unpaired) electrons. The van der Waals surface area contributed by atoms with Gasteiger partial charge in [0.05, 0.1) is 12.8 Å². The lowest BCUT2D eigenvalue weighted by atomic mass is 10.1. The van der Waals surface area contributed by atoms with Crippen LogP contribution in [0.25, 0.3) is 0 Å². The Balaban J connectivity index is 1.77. The van der Waals surface area contributed by atoms with Crippen LogP contribution in [0.15, 0.2) is 22.8 Å². The molecule has 16 heavy (non-hydrogen) atoms. The first kappa shape index (κ1) is 11.7. The quantitative estimate of drug-likeness (QED) is 0.828. The Kier molecular flexibility index (Phi) is 4.43. The van der Waals surface area contributed by atoms with Crippen molar-refractivity contribution < 1.29 is 4.42 Å². The van der Waals surface area contributed by atoms with Gasteiger partial charge in [-0.25, -0.2) is 0 Å². The summed E-state index contributed by atoms with van der Waals surface area (Å²) in [5.41, 5.74) is 0. The van der Waals surface area contributed by atoms with Gasteiger partial charge in [-0.15, -0.1) is 0 Å². The average Bonchev–Trinajstić information content (AvgIpc) is 2.80. The third kappa shape index (κ3) is 3.35. The van der Waals surface area contributed by atoms with Crippen LogP contribution in [0.3, 0.4) is 0 Å². The van der Waals surface area contributed by atoms with Gasteiger partial charge in [0.1, 0.15) is 5.76 Å². The third-order valence-corrected chi connectivity index (χ3v) is 3.15. The maximum atomic E-state index is 5.39. The highest BCUT2D eigenvalue weighted by Crippen LogP contribution is 2.13. The number of nitrogens with one attached hydrogen (secondary N) is 1. The van der Waals surface area contributed by atoms with Gasteiger partial charge in [-0.2, -0.15) is 0 Å². The maximum absolute atomic E-state index is 5.39. The van der Waals surface area contributed by atoms with Crippen LogP contribution in [0.2, 0.25) is 0 Å². The van der Waals surface area contributed by atoms with Crippen molar-refractivity contribution in [2.24, 2.45) is 0 Å². The van der Waals surface area contributed by atoms with Crippen molar-refractivity contribution in [1.29, 1.82) is 0 Å². The van der Waals surface area contributed by atoms with Crippen LogP contribution >= 0.6 is 0 Å². The van der Waals surface area contributed by atoms with Crippen molar-refractivity contribution in [2.75, 3.05) is 19.6 Å². The van der Waals surface area contributed by atoms with Crippen molar-refractivity contribution in [3.8, 4) is 0 Å². The van der Waals surface area contributed by atoms with E-state index in [1.807, 2.05) is 6.07 Å². The van der Waals surface area contributed by atoms with Gasteiger partial charge in [0, 0.05) is 12.6 Å². The Hall–Kier alpha value is -0.800. The van der Waals surface area contributed by atoms with E-state index in [1.165, 1.54) is 25.8 Å². The number of hydrogen-bond acceptors (Lipinski definition) is 3. The molecule has 0 aromatic carbocycles. The molecule has 0 aliphatic carbocycles. The van der Waals surface area contributed by atoms with E-state index >= 15 is 0 Å². The first-order chi connectivity index (χ1) is 7.88. The second-order valence-electron chi connectivity index (χ2n) is 4.61. The lowest BCUT2D eigenvalue weighted by Gasteiger charge is -2.32. The topological polar surface area (TPSA) is 28.4 Å². The molecule has 2 heterocycles. The van der Waals surface area contributed by atoms with E-state index in [9.17, 15) is 0 Å². The highest BCUT2D eigenvalue weighted by molar-refractivity contribution is 4.98. The molecular formula is C13H22N2O. The summed E-state index contributed by atoms with van der Waals surface area (Å²) in [5.74, 6) is 1.08. The Morgan fingerprint density at radius 3 is 3.25 bits per heavy atom. The molecule has 1 aromatic rings. The summed E-state index contributed by atoms with van der Waals surface area (Å²) in [6, 6.07) is 4.69. The van der Waals surface area contributed by atoms with Gasteiger partial charge in [0.15, 0.2) is 0 Å². The predicted octanol–water partition coefficient (Wildman–Crippen LogP) is 2.24. The number of nitrogens with zero attached hydrogens (tertiary/aromatic N) is 1. The lowest BCUT2D eigenvalue weighted by molar-refractivity contribution is 0.172. The molecule has 1 atom stereocenters. The molecule has 2 rings (SSSR count). The molecule has 1 unspecified atom stereocenters. The van der Waals surface area contributed by atoms with Gasteiger partial charge in [-0.05, 0) is 44.5 Å². The van der Waals surface area contributed by atoms with E-state index in [0.717, 1.165) is 25.4 Å². The van der Waals surface area contributed by atoms with Crippen LogP contribution in [0.1, 0.15) is 31.9 Å². The molecule has 1 saturated heterocycles. The Morgan fingerprint density at radius 2 is 2.50 bits per heavy atom. The van der Waals surface area contributed by atoms with E-state index in [0.29, 0.717) is 6.04 Å². The van der Waals surface area contributed by atoms with E-state index in [-0.39, 0.29) is 0 Å². The first-order valence-corrected chi connectivity index (χ1v) is 6.36. The zero-order valence-electron chi connectivity index (χ0n) is 10.1. The van der Waals surface area contributed by atoms with Crippen LogP contribution in [-0.2, 0) is 6.54 Å². The van der Waals surface area contributed by atoms with Crippen molar-refractivity contribution in [3.63, 3.8) is 0 Å². The van der Waals surface area contributed by atoms with Gasteiger partial charge >= 0.3 is 0 Å². The zero-order valence-corrected chi connectivity index (χ0v) is 10.1. The Bertz CT molecular complexity index is 284. The number of likely N-dealkylation sites (tertiary alicyclic amines) is 1. The smallest absolute Gasteiger partial charge is 0.117 e. The number of furan rings is 1. The summed E-state index contributed by atoms with van der Waals surface area (Å²) in [6.07, 6.45) is 5.58. The van der Waals surface area contributed by atoms with E-state index in [2.05, 4.69) is 23.2 Å². The van der Waals surface area contributed by atoms with E-state index in [4.69, 9.17) is 4.42 Å². The van der Waals surface area contributed by atoms with Gasteiger partial charge in [-0.3, -0.25) is 4.90 Å². The van der Waals surface area contributed by atoms with Gasteiger partial charge < -0.3 is 9.73 Å². The predicted molar refractivity (Wildman–Crippen MR) is 65.3 cm³/mol. The zero-order chi connectivity index (χ0) is 11.2. The van der Waals surface area contributed by atoms with Crippen LogP contribution < -0.4 is 5.32 Å². The molecule has 1 aliphatic heterocycles. The minimum Gasteiger partial charge on any atom is -0.468 e. The molecule has 1 aliphatic rings. The summed E-state index contributed by atoms with van der Waals surface area (Å²) in [6.45, 7) is 6.67. The highest BCUT2D eigenvalue weighted by Gasteiger charge is 2.19. The van der Waals surface area contributed by atoms with Gasteiger partial charge in [-0.1, -0.05) is 6.92 Å². The van der Waals surface area contributed by atoms with Gasteiger partial charge in [0.25, 0.3) is 0 Å². The third-order valence-electron chi connectivity index (χ3n) is 3.15. The largest absolute Gasteiger partial charge is 0.468 e. The van der Waals surface area contributed by atoms with Crippen molar-refractivity contribution in [3.05, 3.63) is 24.2 Å². The second-order valence-corrected chi connectivity index (χ2v) is 4.61. The van der Waals surface area contributed by atoms with Crippen molar-refractivity contribution in [2.45, 2.75) is 38.8 Å². The fraction of sp³-hybridized carbons (Fsp3) is 0.692. The number of rotatable bonds is 5. The summed E-state index contributed by atoms with van der Waals surface area (Å²) in [7, 11) is 0. The van der Waals surface area contributed by atoms with Crippen LogP contribution in [0.4, 0.5) is 0 Å². The van der Waals surface area contributed by atoms with E-state index in [1.54, 1.807) is 6.26 Å². The summed E-state index contributed by atoms with van der Waals surface area (Å²) >= 11 is 0. The molecule has 0 bridgehead atoms. The molecule has 0 saturated carbocycles. The fourth-order valence-electron chi connectivity index (χ4n) is 2.34. The van der Waals surface area contributed by atoms with Crippen LogP contribution in [-0.4, -0.2) is 30.6 Å². The molecule has 0 amide bonds. The van der Waals surface area contributed by atoms with Crippen molar-refractivity contribution >= 4 is 0 Å². The summed E-state index contributed by atoms with van der Waals surface area (Å²) in [5, 5.41) is 3.61. The molecule has 0 spiro atoms. The molecule has 1 N–H and O–H groups in total. The summed E-state index contributed by atoms with van der Waals surface area (Å²) < 4.78 is 5.39. The lowest BCUT2D eigenvalue weighted by Crippen LogP contribution is -2.45. The highest BCUT2D eigenvalue weighted by atomic mass is 16.3. The SMILES string of the molecule is CCCNC1CCCN(Cc2ccco2)C1. The normalized spacial score (nSPS) is 22.4. The molecule has 90 valence electrons. The first-order valence-electron chi connectivity index (χ1n) is 6.36. The Morgan fingerprint density at radius 1 is 1.56 bits per heavy atom. The molecule has 1 aromatic heterocycles. The summed E-state index contributed by atoms with van der Waals surface area (Å²) in [4.78, 5) is 2.48. The molecule has 3 nitrogen and oxygen atoms in total. The standard InChI is InChI=1S/C13H22N2O/c1-2-7-14-12-5-3-8-15(10-12)11-13-6-4-9-16-13/h4,6,9,12,14H,2-3,5,7-8,10-11H2,1H3. The number of hydrogen-bond donors (Lipinski definition) is 1.